The SMILES string of the molecule is CC(C)(C)Cc1ncc2c(N)cccn12. The highest BCUT2D eigenvalue weighted by molar-refractivity contribution is 5.68. The van der Waals surface area contributed by atoms with Crippen LogP contribution in [0.15, 0.2) is 24.5 Å². The number of nitrogen functional groups attached to an aromatic ring is 1. The summed E-state index contributed by atoms with van der Waals surface area (Å²) >= 11 is 0. The fraction of sp³-hybridized carbons (Fsp3) is 0.417. The lowest BCUT2D eigenvalue weighted by atomic mass is 9.92. The molecule has 0 fully saturated rings. The molecule has 0 radical (unpaired) electrons. The standard InChI is InChI=1S/C12H17N3/c1-12(2,3)7-11-14-8-10-9(13)5-4-6-15(10)11/h4-6,8H,7,13H2,1-3H3. The molecule has 3 nitrogen and oxygen atoms in total. The molecule has 0 aromatic carbocycles. The van der Waals surface area contributed by atoms with Gasteiger partial charge in [0.25, 0.3) is 0 Å². The van der Waals surface area contributed by atoms with E-state index in [2.05, 4.69) is 30.2 Å². The van der Waals surface area contributed by atoms with Crippen LogP contribution in [0.3, 0.4) is 0 Å². The van der Waals surface area contributed by atoms with Crippen LogP contribution in [0.2, 0.25) is 0 Å². The van der Waals surface area contributed by atoms with Crippen molar-refractivity contribution in [1.82, 2.24) is 9.38 Å². The van der Waals surface area contributed by atoms with E-state index < -0.39 is 0 Å². The van der Waals surface area contributed by atoms with Crippen LogP contribution in [-0.4, -0.2) is 9.38 Å². The lowest BCUT2D eigenvalue weighted by molar-refractivity contribution is 0.400. The number of pyridine rings is 1. The van der Waals surface area contributed by atoms with Crippen molar-refractivity contribution in [1.29, 1.82) is 0 Å². The molecule has 0 aliphatic carbocycles. The van der Waals surface area contributed by atoms with Gasteiger partial charge in [-0.05, 0) is 17.5 Å². The molecule has 0 saturated heterocycles. The van der Waals surface area contributed by atoms with Gasteiger partial charge in [-0.1, -0.05) is 20.8 Å². The van der Waals surface area contributed by atoms with Gasteiger partial charge in [-0.15, -0.1) is 0 Å². The van der Waals surface area contributed by atoms with Crippen molar-refractivity contribution in [2.75, 3.05) is 5.73 Å². The Hall–Kier alpha value is -1.51. The average molecular weight is 203 g/mol. The number of imidazole rings is 1. The molecule has 0 aliphatic rings. The average Bonchev–Trinajstić information content (AvgIpc) is 2.48. The molecule has 2 rings (SSSR count). The minimum atomic E-state index is 0.242. The summed E-state index contributed by atoms with van der Waals surface area (Å²) in [5.41, 5.74) is 7.89. The summed E-state index contributed by atoms with van der Waals surface area (Å²) < 4.78 is 2.07. The van der Waals surface area contributed by atoms with Gasteiger partial charge in [-0.25, -0.2) is 4.98 Å². The smallest absolute Gasteiger partial charge is 0.113 e. The zero-order valence-corrected chi connectivity index (χ0v) is 9.49. The molecule has 0 bridgehead atoms. The molecule has 0 spiro atoms. The second-order valence-corrected chi connectivity index (χ2v) is 5.13. The molecule has 2 heterocycles. The van der Waals surface area contributed by atoms with Gasteiger partial charge in [-0.3, -0.25) is 0 Å². The first-order chi connectivity index (χ1) is 6.97. The zero-order chi connectivity index (χ0) is 11.1. The fourth-order valence-corrected chi connectivity index (χ4v) is 1.70. The van der Waals surface area contributed by atoms with Gasteiger partial charge in [0.1, 0.15) is 5.82 Å². The molecule has 0 amide bonds. The quantitative estimate of drug-likeness (QED) is 0.773. The number of fused-ring (bicyclic) bond motifs is 1. The Labute approximate surface area is 89.9 Å². The Morgan fingerprint density at radius 3 is 2.80 bits per heavy atom. The Morgan fingerprint density at radius 2 is 2.13 bits per heavy atom. The third-order valence-corrected chi connectivity index (χ3v) is 2.37. The Kier molecular flexibility index (Phi) is 2.18. The van der Waals surface area contributed by atoms with Crippen LogP contribution in [-0.2, 0) is 6.42 Å². The molecular weight excluding hydrogens is 186 g/mol. The molecule has 80 valence electrons. The van der Waals surface area contributed by atoms with Crippen LogP contribution < -0.4 is 5.73 Å². The van der Waals surface area contributed by atoms with E-state index in [1.54, 1.807) is 0 Å². The normalized spacial score (nSPS) is 12.2. The number of nitrogens with two attached hydrogens (primary N) is 1. The van der Waals surface area contributed by atoms with Crippen molar-refractivity contribution < 1.29 is 0 Å². The van der Waals surface area contributed by atoms with E-state index in [1.807, 2.05) is 24.5 Å². The predicted octanol–water partition coefficient (Wildman–Crippen LogP) is 2.51. The maximum Gasteiger partial charge on any atom is 0.113 e. The van der Waals surface area contributed by atoms with Crippen LogP contribution in [0.4, 0.5) is 5.69 Å². The van der Waals surface area contributed by atoms with E-state index >= 15 is 0 Å². The first kappa shape index (κ1) is 10.0. The molecular formula is C12H17N3. The van der Waals surface area contributed by atoms with E-state index in [0.29, 0.717) is 0 Å². The Morgan fingerprint density at radius 1 is 1.40 bits per heavy atom. The zero-order valence-electron chi connectivity index (χ0n) is 9.49. The van der Waals surface area contributed by atoms with E-state index in [4.69, 9.17) is 5.73 Å². The predicted molar refractivity (Wildman–Crippen MR) is 62.8 cm³/mol. The van der Waals surface area contributed by atoms with Crippen molar-refractivity contribution in [2.45, 2.75) is 27.2 Å². The second kappa shape index (κ2) is 3.26. The van der Waals surface area contributed by atoms with Crippen LogP contribution in [0.5, 0.6) is 0 Å². The molecule has 15 heavy (non-hydrogen) atoms. The minimum absolute atomic E-state index is 0.242. The summed E-state index contributed by atoms with van der Waals surface area (Å²) in [5, 5.41) is 0. The molecule has 2 N–H and O–H groups in total. The highest BCUT2D eigenvalue weighted by Gasteiger charge is 2.15. The van der Waals surface area contributed by atoms with Crippen LogP contribution in [0, 0.1) is 5.41 Å². The number of hydrogen-bond acceptors (Lipinski definition) is 2. The molecule has 3 heteroatoms. The third-order valence-electron chi connectivity index (χ3n) is 2.37. The van der Waals surface area contributed by atoms with E-state index in [9.17, 15) is 0 Å². The van der Waals surface area contributed by atoms with Gasteiger partial charge in [0.05, 0.1) is 17.4 Å². The summed E-state index contributed by atoms with van der Waals surface area (Å²) in [6.07, 6.45) is 4.81. The molecule has 0 saturated carbocycles. The molecule has 0 aliphatic heterocycles. The highest BCUT2D eigenvalue weighted by Crippen LogP contribution is 2.22. The first-order valence-corrected chi connectivity index (χ1v) is 5.18. The third kappa shape index (κ3) is 1.96. The second-order valence-electron chi connectivity index (χ2n) is 5.13. The summed E-state index contributed by atoms with van der Waals surface area (Å²) in [6.45, 7) is 6.63. The van der Waals surface area contributed by atoms with E-state index in [1.165, 1.54) is 0 Å². The van der Waals surface area contributed by atoms with Gasteiger partial charge in [0, 0.05) is 12.6 Å². The van der Waals surface area contributed by atoms with Gasteiger partial charge in [0.15, 0.2) is 0 Å². The molecule has 2 aromatic rings. The van der Waals surface area contributed by atoms with Gasteiger partial charge in [0.2, 0.25) is 0 Å². The first-order valence-electron chi connectivity index (χ1n) is 5.18. The lowest BCUT2D eigenvalue weighted by Crippen LogP contribution is -2.12. The molecule has 2 aromatic heterocycles. The Bertz CT molecular complexity index is 477. The lowest BCUT2D eigenvalue weighted by Gasteiger charge is -2.16. The largest absolute Gasteiger partial charge is 0.397 e. The number of rotatable bonds is 1. The highest BCUT2D eigenvalue weighted by atomic mass is 15.0. The van der Waals surface area contributed by atoms with Crippen LogP contribution >= 0.6 is 0 Å². The van der Waals surface area contributed by atoms with Gasteiger partial charge in [-0.2, -0.15) is 0 Å². The number of aromatic nitrogens is 2. The van der Waals surface area contributed by atoms with Crippen molar-refractivity contribution >= 4 is 11.2 Å². The van der Waals surface area contributed by atoms with E-state index in [0.717, 1.165) is 23.4 Å². The van der Waals surface area contributed by atoms with Crippen LogP contribution in [0.1, 0.15) is 26.6 Å². The summed E-state index contributed by atoms with van der Waals surface area (Å²) in [6, 6.07) is 3.86. The molecule has 0 unspecified atom stereocenters. The maximum atomic E-state index is 5.87. The topological polar surface area (TPSA) is 43.3 Å². The van der Waals surface area contributed by atoms with Crippen LogP contribution in [0.25, 0.3) is 5.52 Å². The molecule has 0 atom stereocenters. The number of nitrogens with zero attached hydrogens (tertiary/aromatic N) is 2. The Balaban J connectivity index is 2.50. The van der Waals surface area contributed by atoms with Crippen molar-refractivity contribution in [3.8, 4) is 0 Å². The van der Waals surface area contributed by atoms with Crippen molar-refractivity contribution in [3.05, 3.63) is 30.4 Å². The summed E-state index contributed by atoms with van der Waals surface area (Å²) in [5.74, 6) is 1.07. The minimum Gasteiger partial charge on any atom is -0.397 e. The van der Waals surface area contributed by atoms with Gasteiger partial charge < -0.3 is 10.1 Å². The number of anilines is 1. The van der Waals surface area contributed by atoms with Crippen molar-refractivity contribution in [3.63, 3.8) is 0 Å². The summed E-state index contributed by atoms with van der Waals surface area (Å²) in [7, 11) is 0. The monoisotopic (exact) mass is 203 g/mol. The van der Waals surface area contributed by atoms with Crippen molar-refractivity contribution in [2.24, 2.45) is 5.41 Å². The van der Waals surface area contributed by atoms with E-state index in [-0.39, 0.29) is 5.41 Å². The number of hydrogen-bond donors (Lipinski definition) is 1. The maximum absolute atomic E-state index is 5.87. The summed E-state index contributed by atoms with van der Waals surface area (Å²) in [4.78, 5) is 4.42. The van der Waals surface area contributed by atoms with Gasteiger partial charge >= 0.3 is 0 Å². The fourth-order valence-electron chi connectivity index (χ4n) is 1.70.